The highest BCUT2D eigenvalue weighted by atomic mass is 16.5. The Bertz CT molecular complexity index is 725. The number of methoxy groups -OCH3 is 3. The van der Waals surface area contributed by atoms with Gasteiger partial charge < -0.3 is 29.6 Å². The molecule has 0 bridgehead atoms. The Kier molecular flexibility index (Phi) is 8.11. The zero-order chi connectivity index (χ0) is 21.4. The van der Waals surface area contributed by atoms with Crippen LogP contribution in [-0.2, 0) is 25.5 Å². The lowest BCUT2D eigenvalue weighted by Crippen LogP contribution is -2.45. The predicted molar refractivity (Wildman–Crippen MR) is 104 cm³/mol. The molecule has 1 aromatic carbocycles. The number of esters is 1. The van der Waals surface area contributed by atoms with Gasteiger partial charge in [0, 0.05) is 19.5 Å². The fraction of sp³-hybridized carbons (Fsp3) is 0.550. The number of piperidine rings is 1. The molecule has 1 saturated heterocycles. The molecule has 0 aromatic heterocycles. The first-order valence-corrected chi connectivity index (χ1v) is 9.41. The van der Waals surface area contributed by atoms with Crippen LogP contribution < -0.4 is 19.9 Å². The third-order valence-corrected chi connectivity index (χ3v) is 4.88. The van der Waals surface area contributed by atoms with E-state index in [1.807, 2.05) is 0 Å². The van der Waals surface area contributed by atoms with Crippen LogP contribution in [0.1, 0.15) is 24.8 Å². The molecular formula is C20H28N2O7. The van der Waals surface area contributed by atoms with Crippen LogP contribution in [0, 0.1) is 5.92 Å². The smallest absolute Gasteiger partial charge is 0.306 e. The van der Waals surface area contributed by atoms with E-state index in [4.69, 9.17) is 24.7 Å². The van der Waals surface area contributed by atoms with Gasteiger partial charge in [-0.1, -0.05) is 0 Å². The first kappa shape index (κ1) is 22.3. The lowest BCUT2D eigenvalue weighted by atomic mass is 9.97. The number of primary amides is 1. The highest BCUT2D eigenvalue weighted by molar-refractivity contribution is 5.82. The Morgan fingerprint density at radius 2 is 1.76 bits per heavy atom. The lowest BCUT2D eigenvalue weighted by Gasteiger charge is -2.31. The largest absolute Gasteiger partial charge is 0.493 e. The molecule has 0 unspecified atom stereocenters. The highest BCUT2D eigenvalue weighted by Gasteiger charge is 2.27. The van der Waals surface area contributed by atoms with Crippen molar-refractivity contribution in [2.75, 3.05) is 41.0 Å². The van der Waals surface area contributed by atoms with E-state index < -0.39 is 11.9 Å². The van der Waals surface area contributed by atoms with Crippen LogP contribution in [0.25, 0.3) is 0 Å². The number of hydrogen-bond acceptors (Lipinski definition) is 7. The molecule has 0 saturated carbocycles. The Balaban J connectivity index is 1.85. The molecule has 1 aromatic rings. The molecule has 1 aliphatic rings. The molecule has 29 heavy (non-hydrogen) atoms. The first-order valence-electron chi connectivity index (χ1n) is 9.41. The normalized spacial score (nSPS) is 16.1. The van der Waals surface area contributed by atoms with Gasteiger partial charge in [0.15, 0.2) is 18.1 Å². The number of hydrogen-bond donors (Lipinski definition) is 1. The molecule has 2 N–H and O–H groups in total. The van der Waals surface area contributed by atoms with E-state index in [9.17, 15) is 14.4 Å². The van der Waals surface area contributed by atoms with Crippen molar-refractivity contribution in [2.45, 2.75) is 25.7 Å². The van der Waals surface area contributed by atoms with E-state index in [1.165, 1.54) is 26.2 Å². The fourth-order valence-corrected chi connectivity index (χ4v) is 3.27. The molecule has 9 nitrogen and oxygen atoms in total. The lowest BCUT2D eigenvalue weighted by molar-refractivity contribution is -0.153. The summed E-state index contributed by atoms with van der Waals surface area (Å²) < 4.78 is 21.0. The number of carbonyl (C=O) groups is 3. The maximum absolute atomic E-state index is 12.2. The standard InChI is InChI=1S/C20H28N2O7/c1-26-15-9-13(10-16(27-2)19(15)28-3)6-7-18(24)29-12-17(23)22-8-4-5-14(11-22)20(21)25/h9-10,14H,4-8,11-12H2,1-3H3,(H2,21,25)/t14-/m1/s1. The van der Waals surface area contributed by atoms with Crippen molar-refractivity contribution >= 4 is 17.8 Å². The van der Waals surface area contributed by atoms with Gasteiger partial charge in [0.1, 0.15) is 0 Å². The van der Waals surface area contributed by atoms with Gasteiger partial charge in [0.2, 0.25) is 11.7 Å². The quantitative estimate of drug-likeness (QED) is 0.604. The minimum atomic E-state index is -0.490. The van der Waals surface area contributed by atoms with Gasteiger partial charge in [-0.3, -0.25) is 14.4 Å². The van der Waals surface area contributed by atoms with Crippen LogP contribution in [0.3, 0.4) is 0 Å². The van der Waals surface area contributed by atoms with Gasteiger partial charge in [-0.2, -0.15) is 0 Å². The highest BCUT2D eigenvalue weighted by Crippen LogP contribution is 2.38. The van der Waals surface area contributed by atoms with E-state index in [1.54, 1.807) is 12.1 Å². The maximum Gasteiger partial charge on any atom is 0.306 e. The summed E-state index contributed by atoms with van der Waals surface area (Å²) in [6, 6.07) is 3.52. The molecular weight excluding hydrogens is 380 g/mol. The molecule has 160 valence electrons. The summed E-state index contributed by atoms with van der Waals surface area (Å²) in [6.07, 6.45) is 1.86. The predicted octanol–water partition coefficient (Wildman–Crippen LogP) is 0.912. The Morgan fingerprint density at radius 1 is 1.10 bits per heavy atom. The van der Waals surface area contributed by atoms with Gasteiger partial charge in [-0.25, -0.2) is 0 Å². The third-order valence-electron chi connectivity index (χ3n) is 4.88. The summed E-state index contributed by atoms with van der Waals surface area (Å²) in [6.45, 7) is 0.461. The zero-order valence-electron chi connectivity index (χ0n) is 17.1. The Labute approximate surface area is 170 Å². The Hall–Kier alpha value is -2.97. The number of likely N-dealkylation sites (tertiary alicyclic amines) is 1. The number of carbonyl (C=O) groups excluding carboxylic acids is 3. The molecule has 1 atom stereocenters. The van der Waals surface area contributed by atoms with Crippen molar-refractivity contribution in [1.29, 1.82) is 0 Å². The molecule has 0 spiro atoms. The molecule has 0 radical (unpaired) electrons. The van der Waals surface area contributed by atoms with E-state index in [0.717, 1.165) is 5.56 Å². The van der Waals surface area contributed by atoms with Crippen molar-refractivity contribution in [3.63, 3.8) is 0 Å². The number of nitrogens with two attached hydrogens (primary N) is 1. The molecule has 2 amide bonds. The maximum atomic E-state index is 12.2. The summed E-state index contributed by atoms with van der Waals surface area (Å²) >= 11 is 0. The van der Waals surface area contributed by atoms with Gasteiger partial charge in [0.05, 0.1) is 27.2 Å². The number of amides is 2. The van der Waals surface area contributed by atoms with Gasteiger partial charge >= 0.3 is 5.97 Å². The molecule has 9 heteroatoms. The van der Waals surface area contributed by atoms with Crippen LogP contribution in [0.4, 0.5) is 0 Å². The van der Waals surface area contributed by atoms with Crippen molar-refractivity contribution < 1.29 is 33.3 Å². The van der Waals surface area contributed by atoms with Gasteiger partial charge in [-0.05, 0) is 37.0 Å². The SMILES string of the molecule is COc1cc(CCC(=O)OCC(=O)N2CCC[C@@H](C(N)=O)C2)cc(OC)c1OC. The first-order chi connectivity index (χ1) is 13.9. The minimum Gasteiger partial charge on any atom is -0.493 e. The summed E-state index contributed by atoms with van der Waals surface area (Å²) in [7, 11) is 4.55. The summed E-state index contributed by atoms with van der Waals surface area (Å²) in [5.41, 5.74) is 6.13. The van der Waals surface area contributed by atoms with Crippen molar-refractivity contribution in [3.05, 3.63) is 17.7 Å². The average Bonchev–Trinajstić information content (AvgIpc) is 2.74. The van der Waals surface area contributed by atoms with Crippen LogP contribution in [0.2, 0.25) is 0 Å². The average molecular weight is 408 g/mol. The van der Waals surface area contributed by atoms with Crippen molar-refractivity contribution in [3.8, 4) is 17.2 Å². The van der Waals surface area contributed by atoms with Crippen molar-refractivity contribution in [2.24, 2.45) is 11.7 Å². The van der Waals surface area contributed by atoms with Gasteiger partial charge in [-0.15, -0.1) is 0 Å². The molecule has 0 aliphatic carbocycles. The third kappa shape index (κ3) is 6.00. The second-order valence-electron chi connectivity index (χ2n) is 6.78. The van der Waals surface area contributed by atoms with Crippen LogP contribution in [-0.4, -0.2) is 63.7 Å². The fourth-order valence-electron chi connectivity index (χ4n) is 3.27. The summed E-state index contributed by atoms with van der Waals surface area (Å²) in [5, 5.41) is 0. The Morgan fingerprint density at radius 3 is 2.31 bits per heavy atom. The summed E-state index contributed by atoms with van der Waals surface area (Å²) in [4.78, 5) is 37.1. The van der Waals surface area contributed by atoms with E-state index >= 15 is 0 Å². The zero-order valence-corrected chi connectivity index (χ0v) is 17.1. The van der Waals surface area contributed by atoms with Crippen LogP contribution in [0.5, 0.6) is 17.2 Å². The van der Waals surface area contributed by atoms with E-state index in [-0.39, 0.29) is 31.4 Å². The number of nitrogens with zero attached hydrogens (tertiary/aromatic N) is 1. The number of ether oxygens (including phenoxy) is 4. The molecule has 1 heterocycles. The second kappa shape index (κ2) is 10.5. The number of aryl methyl sites for hydroxylation is 1. The van der Waals surface area contributed by atoms with Crippen LogP contribution >= 0.6 is 0 Å². The summed E-state index contributed by atoms with van der Waals surface area (Å²) in [5.74, 6) is -0.0948. The second-order valence-corrected chi connectivity index (χ2v) is 6.78. The van der Waals surface area contributed by atoms with E-state index in [0.29, 0.717) is 43.1 Å². The topological polar surface area (TPSA) is 117 Å². The minimum absolute atomic E-state index is 0.0931. The molecule has 1 aliphatic heterocycles. The monoisotopic (exact) mass is 408 g/mol. The van der Waals surface area contributed by atoms with Crippen LogP contribution in [0.15, 0.2) is 12.1 Å². The number of benzene rings is 1. The van der Waals surface area contributed by atoms with Gasteiger partial charge in [0.25, 0.3) is 5.91 Å². The number of rotatable bonds is 9. The molecule has 2 rings (SSSR count). The molecule has 1 fully saturated rings. The van der Waals surface area contributed by atoms with Crippen molar-refractivity contribution in [1.82, 2.24) is 4.90 Å². The van der Waals surface area contributed by atoms with E-state index in [2.05, 4.69) is 0 Å².